The van der Waals surface area contributed by atoms with Crippen LogP contribution >= 0.6 is 0 Å². The second kappa shape index (κ2) is 4.06. The van der Waals surface area contributed by atoms with Crippen molar-refractivity contribution >= 4 is 23.3 Å². The minimum atomic E-state index is -0.471. The van der Waals surface area contributed by atoms with Crippen LogP contribution in [0.1, 0.15) is 6.92 Å². The predicted octanol–water partition coefficient (Wildman–Crippen LogP) is 1.63. The number of ether oxygens (including phenoxy) is 2. The molecule has 0 aliphatic rings. The fourth-order valence-electron chi connectivity index (χ4n) is 1.44. The number of benzene rings is 1. The molecule has 1 heterocycles. The van der Waals surface area contributed by atoms with Gasteiger partial charge >= 0.3 is 5.97 Å². The summed E-state index contributed by atoms with van der Waals surface area (Å²) in [5.41, 5.74) is 0.800. The topological polar surface area (TPSA) is 68.4 Å². The Morgan fingerprint density at radius 3 is 2.88 bits per heavy atom. The maximum Gasteiger partial charge on any atom is 0.308 e. The zero-order valence-corrected chi connectivity index (χ0v) is 8.52. The number of H-pyrrole nitrogens is 1. The van der Waals surface area contributed by atoms with Crippen molar-refractivity contribution in [2.45, 2.75) is 6.92 Å². The minimum Gasteiger partial charge on any atom is -0.425 e. The molecule has 0 aliphatic carbocycles. The molecule has 1 aromatic carbocycles. The van der Waals surface area contributed by atoms with Crippen LogP contribution in [-0.4, -0.2) is 17.4 Å². The minimum absolute atomic E-state index is 0.217. The lowest BCUT2D eigenvalue weighted by Gasteiger charge is -2.06. The smallest absolute Gasteiger partial charge is 0.308 e. The molecule has 0 saturated carbocycles. The van der Waals surface area contributed by atoms with Gasteiger partial charge in [-0.1, -0.05) is 0 Å². The maximum absolute atomic E-state index is 10.9. The SMILES string of the molecule is CC(=O)Oc1cc2[nH]ccc2cc1OC=O. The molecule has 0 fully saturated rings. The third-order valence-electron chi connectivity index (χ3n) is 2.05. The Labute approximate surface area is 91.0 Å². The van der Waals surface area contributed by atoms with Gasteiger partial charge in [-0.15, -0.1) is 0 Å². The number of aromatic nitrogens is 1. The van der Waals surface area contributed by atoms with Gasteiger partial charge in [-0.05, 0) is 12.1 Å². The summed E-state index contributed by atoms with van der Waals surface area (Å²) in [5, 5.41) is 0.868. The third-order valence-corrected chi connectivity index (χ3v) is 2.05. The summed E-state index contributed by atoms with van der Waals surface area (Å²) >= 11 is 0. The van der Waals surface area contributed by atoms with Gasteiger partial charge in [-0.2, -0.15) is 0 Å². The first-order valence-electron chi connectivity index (χ1n) is 4.60. The van der Waals surface area contributed by atoms with Gasteiger partial charge in [0.25, 0.3) is 6.47 Å². The largest absolute Gasteiger partial charge is 0.425 e. The molecular formula is C11H9NO4. The van der Waals surface area contributed by atoms with Crippen molar-refractivity contribution in [3.05, 3.63) is 24.4 Å². The molecule has 2 rings (SSSR count). The molecule has 1 N–H and O–H groups in total. The Morgan fingerprint density at radius 2 is 2.19 bits per heavy atom. The lowest BCUT2D eigenvalue weighted by Crippen LogP contribution is -2.03. The molecule has 0 aliphatic heterocycles. The van der Waals surface area contributed by atoms with Gasteiger partial charge in [0.1, 0.15) is 0 Å². The number of carbonyl (C=O) groups excluding carboxylic acids is 2. The van der Waals surface area contributed by atoms with Gasteiger partial charge in [0.05, 0.1) is 0 Å². The number of hydrogen-bond donors (Lipinski definition) is 1. The number of carbonyl (C=O) groups is 2. The molecule has 0 radical (unpaired) electrons. The fourth-order valence-corrected chi connectivity index (χ4v) is 1.44. The van der Waals surface area contributed by atoms with Crippen LogP contribution in [0.3, 0.4) is 0 Å². The molecule has 0 saturated heterocycles. The number of fused-ring (bicyclic) bond motifs is 1. The molecule has 5 heteroatoms. The Morgan fingerprint density at radius 1 is 1.38 bits per heavy atom. The average molecular weight is 219 g/mol. The van der Waals surface area contributed by atoms with Crippen LogP contribution in [-0.2, 0) is 9.59 Å². The number of hydrogen-bond acceptors (Lipinski definition) is 4. The van der Waals surface area contributed by atoms with Crippen molar-refractivity contribution in [3.63, 3.8) is 0 Å². The van der Waals surface area contributed by atoms with E-state index in [2.05, 4.69) is 4.98 Å². The lowest BCUT2D eigenvalue weighted by molar-refractivity contribution is -0.132. The van der Waals surface area contributed by atoms with E-state index in [1.54, 1.807) is 18.3 Å². The van der Waals surface area contributed by atoms with Crippen molar-refractivity contribution in [2.75, 3.05) is 0 Å². The number of nitrogens with one attached hydrogen (secondary N) is 1. The first-order valence-corrected chi connectivity index (χ1v) is 4.60. The molecular weight excluding hydrogens is 210 g/mol. The Hall–Kier alpha value is -2.30. The summed E-state index contributed by atoms with van der Waals surface area (Å²) in [5.74, 6) is -0.0338. The van der Waals surface area contributed by atoms with E-state index in [1.807, 2.05) is 6.07 Å². The summed E-state index contributed by atoms with van der Waals surface area (Å²) in [6.45, 7) is 1.57. The van der Waals surface area contributed by atoms with E-state index in [1.165, 1.54) is 6.92 Å². The fraction of sp³-hybridized carbons (Fsp3) is 0.0909. The molecule has 2 aromatic rings. The van der Waals surface area contributed by atoms with Crippen LogP contribution in [0, 0.1) is 0 Å². The van der Waals surface area contributed by atoms with Crippen molar-refractivity contribution in [1.82, 2.24) is 4.98 Å². The average Bonchev–Trinajstić information content (AvgIpc) is 2.64. The maximum atomic E-state index is 10.9. The highest BCUT2D eigenvalue weighted by atomic mass is 16.6. The molecule has 0 atom stereocenters. The van der Waals surface area contributed by atoms with Crippen molar-refractivity contribution in [3.8, 4) is 11.5 Å². The normalized spacial score (nSPS) is 10.1. The highest BCUT2D eigenvalue weighted by Crippen LogP contribution is 2.31. The van der Waals surface area contributed by atoms with Crippen LogP contribution in [0.4, 0.5) is 0 Å². The summed E-state index contributed by atoms with van der Waals surface area (Å²) in [6.07, 6.45) is 1.74. The predicted molar refractivity (Wildman–Crippen MR) is 56.3 cm³/mol. The zero-order chi connectivity index (χ0) is 11.5. The van der Waals surface area contributed by atoms with E-state index in [0.717, 1.165) is 10.9 Å². The second-order valence-corrected chi connectivity index (χ2v) is 3.17. The highest BCUT2D eigenvalue weighted by Gasteiger charge is 2.10. The summed E-state index contributed by atoms with van der Waals surface area (Å²) in [6, 6.07) is 5.05. The first-order chi connectivity index (χ1) is 7.70. The highest BCUT2D eigenvalue weighted by molar-refractivity contribution is 5.85. The molecule has 5 nitrogen and oxygen atoms in total. The van der Waals surface area contributed by atoms with Gasteiger partial charge in [-0.25, -0.2) is 0 Å². The number of aromatic amines is 1. The molecule has 0 bridgehead atoms. The van der Waals surface area contributed by atoms with E-state index in [-0.39, 0.29) is 11.5 Å². The number of esters is 1. The van der Waals surface area contributed by atoms with Gasteiger partial charge < -0.3 is 14.5 Å². The first kappa shape index (κ1) is 10.2. The van der Waals surface area contributed by atoms with Crippen molar-refractivity contribution in [1.29, 1.82) is 0 Å². The lowest BCUT2D eigenvalue weighted by atomic mass is 10.2. The van der Waals surface area contributed by atoms with E-state index in [4.69, 9.17) is 9.47 Å². The van der Waals surface area contributed by atoms with Crippen LogP contribution in [0.25, 0.3) is 10.9 Å². The quantitative estimate of drug-likeness (QED) is 0.484. The Bertz CT molecular complexity index is 544. The molecule has 0 spiro atoms. The molecule has 1 aromatic heterocycles. The van der Waals surface area contributed by atoms with Crippen molar-refractivity contribution in [2.24, 2.45) is 0 Å². The molecule has 0 amide bonds. The molecule has 0 unspecified atom stereocenters. The van der Waals surface area contributed by atoms with Crippen molar-refractivity contribution < 1.29 is 19.1 Å². The van der Waals surface area contributed by atoms with Gasteiger partial charge in [0.2, 0.25) is 0 Å². The van der Waals surface area contributed by atoms with E-state index < -0.39 is 5.97 Å². The molecule has 16 heavy (non-hydrogen) atoms. The monoisotopic (exact) mass is 219 g/mol. The van der Waals surface area contributed by atoms with Crippen LogP contribution in [0.2, 0.25) is 0 Å². The van der Waals surface area contributed by atoms with E-state index >= 15 is 0 Å². The van der Waals surface area contributed by atoms with Crippen LogP contribution < -0.4 is 9.47 Å². The Kier molecular flexibility index (Phi) is 2.59. The van der Waals surface area contributed by atoms with Gasteiger partial charge in [-0.3, -0.25) is 9.59 Å². The standard InChI is InChI=1S/C11H9NO4/c1-7(14)16-11-5-9-8(2-3-12-9)4-10(11)15-6-13/h2-6,12H,1H3. The van der Waals surface area contributed by atoms with Crippen LogP contribution in [0.15, 0.2) is 24.4 Å². The summed E-state index contributed by atoms with van der Waals surface area (Å²) < 4.78 is 9.68. The summed E-state index contributed by atoms with van der Waals surface area (Å²) in [7, 11) is 0. The van der Waals surface area contributed by atoms with E-state index in [0.29, 0.717) is 6.47 Å². The zero-order valence-electron chi connectivity index (χ0n) is 8.52. The third kappa shape index (κ3) is 1.88. The Balaban J connectivity index is 2.52. The van der Waals surface area contributed by atoms with Gasteiger partial charge in [0, 0.05) is 30.1 Å². The summed E-state index contributed by atoms with van der Waals surface area (Å²) in [4.78, 5) is 24.2. The van der Waals surface area contributed by atoms with E-state index in [9.17, 15) is 9.59 Å². The van der Waals surface area contributed by atoms with Gasteiger partial charge in [0.15, 0.2) is 11.5 Å². The second-order valence-electron chi connectivity index (χ2n) is 3.17. The number of rotatable bonds is 3. The van der Waals surface area contributed by atoms with Crippen LogP contribution in [0.5, 0.6) is 11.5 Å². The molecule has 82 valence electrons.